The molecule has 0 aliphatic rings. The summed E-state index contributed by atoms with van der Waals surface area (Å²) < 4.78 is 26.2. The minimum absolute atomic E-state index is 0.0393. The Balaban J connectivity index is 3.24. The Labute approximate surface area is 79.5 Å². The maximum atomic E-state index is 13.1. The van der Waals surface area contributed by atoms with Crippen molar-refractivity contribution in [3.05, 3.63) is 47.5 Å². The predicted octanol–water partition coefficient (Wildman–Crippen LogP) is 2.39. The SMILES string of the molecule is C=CCc1c(F)cc(C(=O)O)cc1F. The van der Waals surface area contributed by atoms with E-state index in [1.54, 1.807) is 0 Å². The molecule has 0 saturated carbocycles. The van der Waals surface area contributed by atoms with Gasteiger partial charge in [-0.25, -0.2) is 13.6 Å². The molecule has 1 aromatic rings. The van der Waals surface area contributed by atoms with Crippen molar-refractivity contribution in [3.8, 4) is 0 Å². The highest BCUT2D eigenvalue weighted by Crippen LogP contribution is 2.16. The van der Waals surface area contributed by atoms with Crippen LogP contribution in [0.1, 0.15) is 15.9 Å². The maximum absolute atomic E-state index is 13.1. The molecular weight excluding hydrogens is 190 g/mol. The van der Waals surface area contributed by atoms with Crippen molar-refractivity contribution in [1.29, 1.82) is 0 Å². The first-order valence-corrected chi connectivity index (χ1v) is 3.88. The Morgan fingerprint density at radius 2 is 1.93 bits per heavy atom. The van der Waals surface area contributed by atoms with Gasteiger partial charge in [0.2, 0.25) is 0 Å². The van der Waals surface area contributed by atoms with Crippen molar-refractivity contribution in [2.45, 2.75) is 6.42 Å². The number of allylic oxidation sites excluding steroid dienone is 1. The summed E-state index contributed by atoms with van der Waals surface area (Å²) in [7, 11) is 0. The molecule has 74 valence electrons. The van der Waals surface area contributed by atoms with E-state index in [0.717, 1.165) is 12.1 Å². The Kier molecular flexibility index (Phi) is 2.96. The Morgan fingerprint density at radius 1 is 1.43 bits per heavy atom. The predicted molar refractivity (Wildman–Crippen MR) is 47.2 cm³/mol. The number of hydrogen-bond donors (Lipinski definition) is 1. The lowest BCUT2D eigenvalue weighted by Crippen LogP contribution is -2.02. The highest BCUT2D eigenvalue weighted by Gasteiger charge is 2.13. The largest absolute Gasteiger partial charge is 0.478 e. The minimum Gasteiger partial charge on any atom is -0.478 e. The van der Waals surface area contributed by atoms with Crippen molar-refractivity contribution in [1.82, 2.24) is 0 Å². The monoisotopic (exact) mass is 198 g/mol. The van der Waals surface area contributed by atoms with Crippen molar-refractivity contribution in [3.63, 3.8) is 0 Å². The molecule has 0 spiro atoms. The molecule has 0 unspecified atom stereocenters. The van der Waals surface area contributed by atoms with E-state index < -0.39 is 23.2 Å². The molecule has 0 aliphatic carbocycles. The molecule has 1 rings (SSSR count). The van der Waals surface area contributed by atoms with E-state index in [-0.39, 0.29) is 12.0 Å². The summed E-state index contributed by atoms with van der Waals surface area (Å²) in [6, 6.07) is 1.59. The second-order valence-electron chi connectivity index (χ2n) is 2.72. The standard InChI is InChI=1S/C10H8F2O2/c1-2-3-7-8(11)4-6(10(13)14)5-9(7)12/h2,4-5H,1,3H2,(H,13,14). The van der Waals surface area contributed by atoms with E-state index >= 15 is 0 Å². The van der Waals surface area contributed by atoms with Crippen LogP contribution in [-0.4, -0.2) is 11.1 Å². The minimum atomic E-state index is -1.35. The Morgan fingerprint density at radius 3 is 2.29 bits per heavy atom. The molecular formula is C10H8F2O2. The second kappa shape index (κ2) is 4.00. The van der Waals surface area contributed by atoms with Crippen molar-refractivity contribution < 1.29 is 18.7 Å². The Hall–Kier alpha value is -1.71. The summed E-state index contributed by atoms with van der Waals surface area (Å²) in [6.45, 7) is 3.35. The van der Waals surface area contributed by atoms with E-state index in [9.17, 15) is 13.6 Å². The van der Waals surface area contributed by atoms with Crippen molar-refractivity contribution in [2.24, 2.45) is 0 Å². The molecule has 0 aliphatic heterocycles. The molecule has 4 heteroatoms. The zero-order valence-corrected chi connectivity index (χ0v) is 7.26. The molecule has 0 bridgehead atoms. The summed E-state index contributed by atoms with van der Waals surface area (Å²) in [4.78, 5) is 10.4. The lowest BCUT2D eigenvalue weighted by atomic mass is 10.1. The quantitative estimate of drug-likeness (QED) is 0.757. The number of benzene rings is 1. The third-order valence-corrected chi connectivity index (χ3v) is 1.74. The van der Waals surface area contributed by atoms with Crippen LogP contribution in [0.5, 0.6) is 0 Å². The van der Waals surface area contributed by atoms with Gasteiger partial charge < -0.3 is 5.11 Å². The zero-order chi connectivity index (χ0) is 10.7. The fourth-order valence-electron chi connectivity index (χ4n) is 1.07. The number of rotatable bonds is 3. The lowest BCUT2D eigenvalue weighted by Gasteiger charge is -2.03. The number of aromatic carboxylic acids is 1. The van der Waals surface area contributed by atoms with Gasteiger partial charge in [0.15, 0.2) is 0 Å². The molecule has 0 aromatic heterocycles. The number of carboxylic acid groups (broad SMARTS) is 1. The van der Waals surface area contributed by atoms with Crippen LogP contribution >= 0.6 is 0 Å². The third kappa shape index (κ3) is 1.96. The molecule has 0 atom stereocenters. The Bertz CT molecular complexity index is 363. The molecule has 2 nitrogen and oxygen atoms in total. The van der Waals surface area contributed by atoms with Crippen LogP contribution in [0, 0.1) is 11.6 Å². The van der Waals surface area contributed by atoms with Gasteiger partial charge in [-0.1, -0.05) is 6.08 Å². The fraction of sp³-hybridized carbons (Fsp3) is 0.100. The lowest BCUT2D eigenvalue weighted by molar-refractivity contribution is 0.0695. The van der Waals surface area contributed by atoms with Crippen LogP contribution in [0.3, 0.4) is 0 Å². The van der Waals surface area contributed by atoms with Gasteiger partial charge in [0, 0.05) is 5.56 Å². The van der Waals surface area contributed by atoms with E-state index in [0.29, 0.717) is 0 Å². The summed E-state index contributed by atoms with van der Waals surface area (Å²) in [6.07, 6.45) is 1.39. The average Bonchev–Trinajstić information content (AvgIpc) is 2.10. The average molecular weight is 198 g/mol. The zero-order valence-electron chi connectivity index (χ0n) is 7.26. The fourth-order valence-corrected chi connectivity index (χ4v) is 1.07. The first-order valence-electron chi connectivity index (χ1n) is 3.88. The van der Waals surface area contributed by atoms with E-state index in [1.165, 1.54) is 6.08 Å². The van der Waals surface area contributed by atoms with Crippen LogP contribution in [0.25, 0.3) is 0 Å². The first-order chi connectivity index (χ1) is 6.56. The van der Waals surface area contributed by atoms with Gasteiger partial charge >= 0.3 is 5.97 Å². The summed E-state index contributed by atoms with van der Waals surface area (Å²) in [5.74, 6) is -3.07. The van der Waals surface area contributed by atoms with E-state index in [4.69, 9.17) is 5.11 Å². The number of halogens is 2. The molecule has 0 radical (unpaired) electrons. The van der Waals surface area contributed by atoms with Crippen molar-refractivity contribution in [2.75, 3.05) is 0 Å². The maximum Gasteiger partial charge on any atom is 0.335 e. The van der Waals surface area contributed by atoms with Crippen LogP contribution in [0.15, 0.2) is 24.8 Å². The van der Waals surface area contributed by atoms with Gasteiger partial charge in [0.05, 0.1) is 5.56 Å². The number of hydrogen-bond acceptors (Lipinski definition) is 1. The topological polar surface area (TPSA) is 37.3 Å². The van der Waals surface area contributed by atoms with Gasteiger partial charge in [0.25, 0.3) is 0 Å². The van der Waals surface area contributed by atoms with E-state index in [1.807, 2.05) is 0 Å². The summed E-state index contributed by atoms with van der Waals surface area (Å²) in [5.41, 5.74) is -0.558. The summed E-state index contributed by atoms with van der Waals surface area (Å²) in [5, 5.41) is 8.50. The van der Waals surface area contributed by atoms with Crippen LogP contribution in [0.4, 0.5) is 8.78 Å². The molecule has 14 heavy (non-hydrogen) atoms. The molecule has 0 heterocycles. The normalized spacial score (nSPS) is 9.86. The van der Waals surface area contributed by atoms with Gasteiger partial charge in [-0.3, -0.25) is 0 Å². The van der Waals surface area contributed by atoms with Crippen LogP contribution < -0.4 is 0 Å². The molecule has 1 aromatic carbocycles. The summed E-state index contributed by atoms with van der Waals surface area (Å²) >= 11 is 0. The van der Waals surface area contributed by atoms with Crippen LogP contribution in [-0.2, 0) is 6.42 Å². The van der Waals surface area contributed by atoms with Crippen LogP contribution in [0.2, 0.25) is 0 Å². The first kappa shape index (κ1) is 10.4. The molecule has 0 fully saturated rings. The van der Waals surface area contributed by atoms with Gasteiger partial charge in [-0.05, 0) is 18.6 Å². The van der Waals surface area contributed by atoms with Gasteiger partial charge in [-0.15, -0.1) is 6.58 Å². The smallest absolute Gasteiger partial charge is 0.335 e. The molecule has 0 amide bonds. The number of carboxylic acids is 1. The molecule has 0 saturated heterocycles. The third-order valence-electron chi connectivity index (χ3n) is 1.74. The highest BCUT2D eigenvalue weighted by molar-refractivity contribution is 5.87. The van der Waals surface area contributed by atoms with Gasteiger partial charge in [-0.2, -0.15) is 0 Å². The second-order valence-corrected chi connectivity index (χ2v) is 2.72. The van der Waals surface area contributed by atoms with E-state index in [2.05, 4.69) is 6.58 Å². The highest BCUT2D eigenvalue weighted by atomic mass is 19.1. The van der Waals surface area contributed by atoms with Gasteiger partial charge in [0.1, 0.15) is 11.6 Å². The number of carbonyl (C=O) groups is 1. The van der Waals surface area contributed by atoms with Crippen molar-refractivity contribution >= 4 is 5.97 Å². The molecule has 1 N–H and O–H groups in total.